The van der Waals surface area contributed by atoms with Crippen LogP contribution in [0.2, 0.25) is 0 Å². The number of nitrogens with one attached hydrogen (secondary N) is 3. The van der Waals surface area contributed by atoms with E-state index in [0.29, 0.717) is 71.9 Å². The molecular formula is C53H61BrN11O6P. The third-order valence-electron chi connectivity index (χ3n) is 15.7. The molecule has 1 aliphatic carbocycles. The summed E-state index contributed by atoms with van der Waals surface area (Å²) in [5, 5.41) is 10.9. The molecule has 19 heteroatoms. The fourth-order valence-corrected chi connectivity index (χ4v) is 13.7. The van der Waals surface area contributed by atoms with Gasteiger partial charge in [-0.25, -0.2) is 4.98 Å². The SMILES string of the molecule is CCc1cc(Nc2ncc(Br)c(Nc3ccc4nc(C)ccc4c3P(C)(C)=O)n2)c(OC)cc1N1CCC(N2CCN(C(=O)C3CN(c4cccc5c4C(=O)N(C4CCC(=O)NC4=O)C54CC4)C3)CC2)CC1. The van der Waals surface area contributed by atoms with Gasteiger partial charge in [0.2, 0.25) is 23.7 Å². The molecule has 0 radical (unpaired) electrons. The third-order valence-corrected chi connectivity index (χ3v) is 17.9. The fourth-order valence-electron chi connectivity index (χ4n) is 11.9. The minimum atomic E-state index is -2.74. The van der Waals surface area contributed by atoms with Crippen molar-refractivity contribution in [1.29, 1.82) is 0 Å². The number of piperidine rings is 2. The summed E-state index contributed by atoms with van der Waals surface area (Å²) >= 11 is 3.62. The topological polar surface area (TPSA) is 186 Å². The van der Waals surface area contributed by atoms with E-state index in [9.17, 15) is 23.7 Å². The maximum atomic E-state index is 14.1. The molecule has 4 amide bonds. The number of piperazine rings is 1. The van der Waals surface area contributed by atoms with E-state index in [2.05, 4.69) is 75.6 Å². The van der Waals surface area contributed by atoms with Crippen LogP contribution in [0.15, 0.2) is 65.3 Å². The van der Waals surface area contributed by atoms with E-state index < -0.39 is 24.6 Å². The smallest absolute Gasteiger partial charge is 0.257 e. The molecule has 0 bridgehead atoms. The van der Waals surface area contributed by atoms with Crippen LogP contribution in [0.3, 0.4) is 0 Å². The summed E-state index contributed by atoms with van der Waals surface area (Å²) in [5.74, 6) is 0.800. The van der Waals surface area contributed by atoms with Gasteiger partial charge >= 0.3 is 0 Å². The normalized spacial score (nSPS) is 20.5. The Balaban J connectivity index is 0.693. The molecule has 7 heterocycles. The molecule has 376 valence electrons. The van der Waals surface area contributed by atoms with Crippen LogP contribution < -0.4 is 35.8 Å². The lowest BCUT2D eigenvalue weighted by molar-refractivity contribution is -0.139. The summed E-state index contributed by atoms with van der Waals surface area (Å²) in [5.41, 5.74) is 7.45. The average Bonchev–Trinajstić information content (AvgIpc) is 4.11. The highest BCUT2D eigenvalue weighted by atomic mass is 79.9. The minimum Gasteiger partial charge on any atom is -0.494 e. The van der Waals surface area contributed by atoms with Crippen molar-refractivity contribution in [3.63, 3.8) is 0 Å². The van der Waals surface area contributed by atoms with E-state index in [1.165, 1.54) is 5.56 Å². The standard InChI is InChI=1S/C53H61BrN11O6P/c1-6-32-26-40(58-52-55-28-37(54)48(60-52)57-39-13-12-38-35(11-10-31(2)56-38)47(39)72(4,5)70)44(71-3)27-43(32)62-20-16-34(17-21-62)61-22-24-63(25-23-61)50(68)33-29-64(30-33)41-9-7-8-36-46(41)51(69)65(53(36)18-19-53)42-14-15-45(66)59-49(42)67/h7-13,26-28,33-34,42H,6,14-25,29-30H2,1-5H3,(H,59,66,67)(H2,55,57,58,60). The lowest BCUT2D eigenvalue weighted by atomic mass is 9.93. The van der Waals surface area contributed by atoms with Crippen LogP contribution in [0.1, 0.15) is 72.6 Å². The Hall–Kier alpha value is -6.10. The van der Waals surface area contributed by atoms with E-state index in [-0.39, 0.29) is 30.1 Å². The van der Waals surface area contributed by atoms with Gasteiger partial charge in [-0.05, 0) is 116 Å². The Bertz CT molecular complexity index is 3090. The van der Waals surface area contributed by atoms with Crippen LogP contribution in [0.4, 0.5) is 34.5 Å². The van der Waals surface area contributed by atoms with Crippen molar-refractivity contribution in [3.8, 4) is 5.75 Å². The van der Waals surface area contributed by atoms with Crippen molar-refractivity contribution >= 4 is 97.4 Å². The Morgan fingerprint density at radius 3 is 2.36 bits per heavy atom. The predicted octanol–water partition coefficient (Wildman–Crippen LogP) is 6.90. The number of anilines is 6. The highest BCUT2D eigenvalue weighted by Crippen LogP contribution is 2.59. The van der Waals surface area contributed by atoms with E-state index in [0.717, 1.165) is 103 Å². The molecule has 17 nitrogen and oxygen atoms in total. The minimum absolute atomic E-state index is 0.132. The Labute approximate surface area is 427 Å². The fraction of sp³-hybridized carbons (Fsp3) is 0.453. The van der Waals surface area contributed by atoms with E-state index >= 15 is 0 Å². The van der Waals surface area contributed by atoms with Crippen molar-refractivity contribution in [2.75, 3.05) is 93.2 Å². The quantitative estimate of drug-likeness (QED) is 0.0866. The molecule has 1 saturated carbocycles. The molecule has 11 rings (SSSR count). The van der Waals surface area contributed by atoms with Gasteiger partial charge in [0.25, 0.3) is 5.91 Å². The highest BCUT2D eigenvalue weighted by molar-refractivity contribution is 9.10. The average molecular weight is 1060 g/mol. The van der Waals surface area contributed by atoms with E-state index in [1.54, 1.807) is 31.5 Å². The zero-order valence-corrected chi connectivity index (χ0v) is 43.9. The van der Waals surface area contributed by atoms with Crippen LogP contribution in [-0.4, -0.2) is 138 Å². The van der Waals surface area contributed by atoms with Crippen LogP contribution in [0.25, 0.3) is 10.9 Å². The molecule has 5 aliphatic heterocycles. The maximum absolute atomic E-state index is 14.1. The van der Waals surface area contributed by atoms with Gasteiger partial charge in [-0.1, -0.05) is 25.1 Å². The van der Waals surface area contributed by atoms with Gasteiger partial charge in [0.1, 0.15) is 24.8 Å². The number of pyridine rings is 1. The van der Waals surface area contributed by atoms with Crippen LogP contribution in [-0.2, 0) is 30.9 Å². The number of methoxy groups -OCH3 is 1. The Morgan fingerprint density at radius 2 is 1.67 bits per heavy atom. The van der Waals surface area contributed by atoms with Gasteiger partial charge in [0.15, 0.2) is 0 Å². The lowest BCUT2D eigenvalue weighted by Gasteiger charge is -2.46. The molecule has 72 heavy (non-hydrogen) atoms. The molecule has 3 N–H and O–H groups in total. The molecule has 1 unspecified atom stereocenters. The van der Waals surface area contributed by atoms with Gasteiger partial charge in [-0.3, -0.25) is 34.4 Å². The van der Waals surface area contributed by atoms with Gasteiger partial charge in [0, 0.05) is 105 Å². The second kappa shape index (κ2) is 18.7. The van der Waals surface area contributed by atoms with E-state index in [1.807, 2.05) is 54.3 Å². The molecule has 1 spiro atoms. The van der Waals surface area contributed by atoms with Crippen molar-refractivity contribution < 1.29 is 28.5 Å². The first-order valence-electron chi connectivity index (χ1n) is 25.2. The van der Waals surface area contributed by atoms with E-state index in [4.69, 9.17) is 9.72 Å². The molecular weight excluding hydrogens is 998 g/mol. The number of hydrogen-bond donors (Lipinski definition) is 3. The number of carbonyl (C=O) groups excluding carboxylic acids is 4. The molecule has 5 fully saturated rings. The second-order valence-corrected chi connectivity index (χ2v) is 24.6. The third kappa shape index (κ3) is 8.66. The number of amides is 4. The zero-order valence-electron chi connectivity index (χ0n) is 41.5. The number of ether oxygens (including phenoxy) is 1. The molecule has 3 aromatic carbocycles. The number of nitrogens with zero attached hydrogens (tertiary/aromatic N) is 8. The summed E-state index contributed by atoms with van der Waals surface area (Å²) < 4.78 is 20.3. The van der Waals surface area contributed by atoms with Crippen molar-refractivity contribution in [2.24, 2.45) is 5.92 Å². The van der Waals surface area contributed by atoms with Crippen LogP contribution in [0.5, 0.6) is 5.75 Å². The number of benzene rings is 3. The van der Waals surface area contributed by atoms with Crippen LogP contribution in [0, 0.1) is 12.8 Å². The van der Waals surface area contributed by atoms with Crippen molar-refractivity contribution in [2.45, 2.75) is 76.4 Å². The summed E-state index contributed by atoms with van der Waals surface area (Å²) in [6.07, 6.45) is 6.70. The molecule has 4 saturated heterocycles. The number of imide groups is 1. The molecule has 5 aromatic rings. The molecule has 1 atom stereocenters. The highest BCUT2D eigenvalue weighted by Gasteiger charge is 2.62. The number of aromatic nitrogens is 3. The zero-order chi connectivity index (χ0) is 50.2. The Morgan fingerprint density at radius 1 is 0.903 bits per heavy atom. The second-order valence-electron chi connectivity index (χ2n) is 20.6. The number of halogens is 1. The monoisotopic (exact) mass is 1060 g/mol. The summed E-state index contributed by atoms with van der Waals surface area (Å²) in [6, 6.07) is 17.7. The first kappa shape index (κ1) is 48.2. The lowest BCUT2D eigenvalue weighted by Crippen LogP contribution is -2.59. The van der Waals surface area contributed by atoms with Crippen molar-refractivity contribution in [1.82, 2.24) is 35.0 Å². The molecule has 2 aromatic heterocycles. The Kier molecular flexibility index (Phi) is 12.5. The number of hydrogen-bond acceptors (Lipinski definition) is 14. The summed E-state index contributed by atoms with van der Waals surface area (Å²) in [4.78, 5) is 77.9. The number of rotatable bonds is 12. The largest absolute Gasteiger partial charge is 0.494 e. The number of fused-ring (bicyclic) bond motifs is 3. The maximum Gasteiger partial charge on any atom is 0.257 e. The van der Waals surface area contributed by atoms with Gasteiger partial charge < -0.3 is 39.5 Å². The summed E-state index contributed by atoms with van der Waals surface area (Å²) in [6.45, 7) is 13.6. The number of carbonyl (C=O) groups is 4. The molecule has 6 aliphatic rings. The van der Waals surface area contributed by atoms with Gasteiger partial charge in [-0.15, -0.1) is 0 Å². The van der Waals surface area contributed by atoms with Crippen molar-refractivity contribution in [3.05, 3.63) is 87.7 Å². The first-order chi connectivity index (χ1) is 34.6. The van der Waals surface area contributed by atoms with Crippen LogP contribution >= 0.6 is 23.1 Å². The summed E-state index contributed by atoms with van der Waals surface area (Å²) in [7, 11) is -1.07. The van der Waals surface area contributed by atoms with Gasteiger partial charge in [-0.2, -0.15) is 4.98 Å². The van der Waals surface area contributed by atoms with Gasteiger partial charge in [0.05, 0.1) is 45.5 Å². The number of aryl methyl sites for hydroxylation is 2. The first-order valence-corrected chi connectivity index (χ1v) is 28.6. The predicted molar refractivity (Wildman–Crippen MR) is 283 cm³/mol.